The first-order valence-electron chi connectivity index (χ1n) is 8.56. The molecule has 0 bridgehead atoms. The predicted molar refractivity (Wildman–Crippen MR) is 108 cm³/mol. The Balaban J connectivity index is 2.06. The van der Waals surface area contributed by atoms with Crippen molar-refractivity contribution in [3.63, 3.8) is 0 Å². The molecule has 1 aliphatic rings. The van der Waals surface area contributed by atoms with Crippen LogP contribution in [-0.4, -0.2) is 36.4 Å². The van der Waals surface area contributed by atoms with Crippen molar-refractivity contribution in [2.24, 2.45) is 0 Å². The number of rotatable bonds is 6. The lowest BCUT2D eigenvalue weighted by atomic mass is 10.1. The maximum Gasteiger partial charge on any atom is 0.272 e. The summed E-state index contributed by atoms with van der Waals surface area (Å²) in [6.07, 6.45) is 0. The zero-order chi connectivity index (χ0) is 19.6. The second kappa shape index (κ2) is 7.98. The molecule has 0 saturated heterocycles. The summed E-state index contributed by atoms with van der Waals surface area (Å²) in [5.74, 6) is 0.308. The number of thioether (sulfide) groups is 1. The van der Waals surface area contributed by atoms with E-state index < -0.39 is 0 Å². The fourth-order valence-corrected chi connectivity index (χ4v) is 3.76. The molecule has 1 aliphatic heterocycles. The van der Waals surface area contributed by atoms with E-state index in [-0.39, 0.29) is 18.4 Å². The van der Waals surface area contributed by atoms with Gasteiger partial charge in [0.1, 0.15) is 5.75 Å². The monoisotopic (exact) mass is 383 g/mol. The van der Waals surface area contributed by atoms with Gasteiger partial charge < -0.3 is 9.84 Å². The van der Waals surface area contributed by atoms with Gasteiger partial charge in [0.25, 0.3) is 11.8 Å². The normalized spacial score (nSPS) is 14.3. The van der Waals surface area contributed by atoms with Crippen molar-refractivity contribution in [1.82, 2.24) is 0 Å². The molecule has 140 valence electrons. The average molecular weight is 383 g/mol. The van der Waals surface area contributed by atoms with E-state index in [1.165, 1.54) is 16.7 Å². The van der Waals surface area contributed by atoms with Gasteiger partial charge in [-0.2, -0.15) is 0 Å². The fraction of sp³-hybridized carbons (Fsp3) is 0.238. The Morgan fingerprint density at radius 1 is 1.00 bits per heavy atom. The van der Waals surface area contributed by atoms with Crippen LogP contribution in [-0.2, 0) is 9.59 Å². The largest absolute Gasteiger partial charge is 0.497 e. The Kier molecular flexibility index (Phi) is 5.68. The summed E-state index contributed by atoms with van der Waals surface area (Å²) in [4.78, 5) is 27.8. The lowest BCUT2D eigenvalue weighted by Crippen LogP contribution is -2.31. The zero-order valence-electron chi connectivity index (χ0n) is 15.5. The van der Waals surface area contributed by atoms with E-state index in [1.807, 2.05) is 26.0 Å². The number of aryl methyl sites for hydroxylation is 2. The maximum atomic E-state index is 13.2. The molecule has 2 aromatic carbocycles. The summed E-state index contributed by atoms with van der Waals surface area (Å²) in [6.45, 7) is 3.86. The number of amides is 2. The molecule has 0 fully saturated rings. The Labute approximate surface area is 162 Å². The second-order valence-corrected chi connectivity index (χ2v) is 7.32. The minimum atomic E-state index is -0.354. The van der Waals surface area contributed by atoms with Crippen LogP contribution in [0.5, 0.6) is 5.75 Å². The lowest BCUT2D eigenvalue weighted by molar-refractivity contribution is -0.119. The van der Waals surface area contributed by atoms with Crippen molar-refractivity contribution in [2.45, 2.75) is 13.8 Å². The van der Waals surface area contributed by atoms with Crippen LogP contribution in [0.1, 0.15) is 16.7 Å². The highest BCUT2D eigenvalue weighted by atomic mass is 32.2. The number of hydrogen-bond acceptors (Lipinski definition) is 5. The van der Waals surface area contributed by atoms with Crippen molar-refractivity contribution in [2.75, 3.05) is 24.4 Å². The second-order valence-electron chi connectivity index (χ2n) is 6.22. The van der Waals surface area contributed by atoms with Crippen LogP contribution >= 0.6 is 11.8 Å². The van der Waals surface area contributed by atoms with E-state index in [1.54, 1.807) is 37.4 Å². The minimum absolute atomic E-state index is 0.0742. The third-order valence-electron chi connectivity index (χ3n) is 4.51. The third kappa shape index (κ3) is 3.63. The summed E-state index contributed by atoms with van der Waals surface area (Å²) in [6, 6.07) is 12.6. The average Bonchev–Trinajstić information content (AvgIpc) is 2.92. The number of carbonyl (C=O) groups is 2. The summed E-state index contributed by atoms with van der Waals surface area (Å²) >= 11 is 1.20. The van der Waals surface area contributed by atoms with Crippen LogP contribution in [0, 0.1) is 13.8 Å². The molecule has 0 unspecified atom stereocenters. The maximum absolute atomic E-state index is 13.2. The van der Waals surface area contributed by atoms with Crippen LogP contribution in [0.2, 0.25) is 0 Å². The molecule has 2 aromatic rings. The van der Waals surface area contributed by atoms with Gasteiger partial charge in [-0.05, 0) is 54.8 Å². The van der Waals surface area contributed by atoms with Crippen LogP contribution < -0.4 is 9.64 Å². The molecule has 0 saturated carbocycles. The van der Waals surface area contributed by atoms with E-state index in [4.69, 9.17) is 4.74 Å². The number of ether oxygens (including phenoxy) is 1. The molecule has 6 heteroatoms. The molecule has 0 aromatic heterocycles. The van der Waals surface area contributed by atoms with E-state index >= 15 is 0 Å². The molecule has 3 rings (SSSR count). The Bertz CT molecular complexity index is 918. The Morgan fingerprint density at radius 2 is 1.70 bits per heavy atom. The number of carbonyl (C=O) groups excluding carboxylic acids is 2. The first-order valence-corrected chi connectivity index (χ1v) is 9.55. The van der Waals surface area contributed by atoms with Gasteiger partial charge in [0.05, 0.1) is 29.9 Å². The summed E-state index contributed by atoms with van der Waals surface area (Å²) in [7, 11) is 1.57. The van der Waals surface area contributed by atoms with Gasteiger partial charge in [-0.15, -0.1) is 11.8 Å². The number of benzene rings is 2. The third-order valence-corrected chi connectivity index (χ3v) is 5.56. The highest BCUT2D eigenvalue weighted by Crippen LogP contribution is 2.39. The minimum Gasteiger partial charge on any atom is -0.497 e. The lowest BCUT2D eigenvalue weighted by Gasteiger charge is -2.16. The molecule has 0 radical (unpaired) electrons. The Morgan fingerprint density at radius 3 is 2.30 bits per heavy atom. The SMILES string of the molecule is COc1ccc(C2=C(SCCO)C(=O)N(c3ccc(C)c(C)c3)C2=O)cc1. The summed E-state index contributed by atoms with van der Waals surface area (Å²) < 4.78 is 5.17. The molecule has 0 aliphatic carbocycles. The van der Waals surface area contributed by atoms with Gasteiger partial charge in [0.15, 0.2) is 0 Å². The van der Waals surface area contributed by atoms with Crippen molar-refractivity contribution in [1.29, 1.82) is 0 Å². The predicted octanol–water partition coefficient (Wildman–Crippen LogP) is 3.32. The molecule has 27 heavy (non-hydrogen) atoms. The Hall–Kier alpha value is -2.57. The van der Waals surface area contributed by atoms with E-state index in [0.717, 1.165) is 11.1 Å². The number of hydrogen-bond donors (Lipinski definition) is 1. The van der Waals surface area contributed by atoms with Gasteiger partial charge in [-0.1, -0.05) is 18.2 Å². The van der Waals surface area contributed by atoms with E-state index in [0.29, 0.717) is 33.2 Å². The number of imide groups is 1. The molecule has 0 spiro atoms. The van der Waals surface area contributed by atoms with Crippen molar-refractivity contribution in [3.8, 4) is 5.75 Å². The summed E-state index contributed by atoms with van der Waals surface area (Å²) in [5, 5.41) is 9.18. The fourth-order valence-electron chi connectivity index (χ4n) is 2.90. The van der Waals surface area contributed by atoms with Gasteiger partial charge in [0, 0.05) is 5.75 Å². The number of aliphatic hydroxyl groups is 1. The van der Waals surface area contributed by atoms with Crippen LogP contribution in [0.15, 0.2) is 47.4 Å². The van der Waals surface area contributed by atoms with E-state index in [2.05, 4.69) is 0 Å². The van der Waals surface area contributed by atoms with Crippen LogP contribution in [0.4, 0.5) is 5.69 Å². The standard InChI is InChI=1S/C21H21NO4S/c1-13-4-7-16(12-14(13)2)22-20(24)18(19(21(22)25)27-11-10-23)15-5-8-17(26-3)9-6-15/h4-9,12,23H,10-11H2,1-3H3. The van der Waals surface area contributed by atoms with Crippen molar-refractivity contribution < 1.29 is 19.4 Å². The molecular weight excluding hydrogens is 362 g/mol. The van der Waals surface area contributed by atoms with Gasteiger partial charge in [-0.3, -0.25) is 9.59 Å². The van der Waals surface area contributed by atoms with Crippen molar-refractivity contribution in [3.05, 3.63) is 64.1 Å². The molecule has 1 heterocycles. The number of anilines is 1. The highest BCUT2D eigenvalue weighted by molar-refractivity contribution is 8.04. The number of methoxy groups -OCH3 is 1. The summed E-state index contributed by atoms with van der Waals surface area (Å²) in [5.41, 5.74) is 3.67. The first-order chi connectivity index (χ1) is 13.0. The van der Waals surface area contributed by atoms with Crippen molar-refractivity contribution >= 4 is 34.8 Å². The van der Waals surface area contributed by atoms with Crippen LogP contribution in [0.3, 0.4) is 0 Å². The number of aliphatic hydroxyl groups excluding tert-OH is 1. The van der Waals surface area contributed by atoms with Crippen LogP contribution in [0.25, 0.3) is 5.57 Å². The molecule has 2 amide bonds. The zero-order valence-corrected chi connectivity index (χ0v) is 16.3. The smallest absolute Gasteiger partial charge is 0.272 e. The first kappa shape index (κ1) is 19.2. The molecule has 0 atom stereocenters. The number of nitrogens with zero attached hydrogens (tertiary/aromatic N) is 1. The molecule has 1 N–H and O–H groups in total. The highest BCUT2D eigenvalue weighted by Gasteiger charge is 2.40. The van der Waals surface area contributed by atoms with Gasteiger partial charge in [0.2, 0.25) is 0 Å². The van der Waals surface area contributed by atoms with E-state index in [9.17, 15) is 14.7 Å². The van der Waals surface area contributed by atoms with Gasteiger partial charge in [-0.25, -0.2) is 4.90 Å². The topological polar surface area (TPSA) is 66.8 Å². The quantitative estimate of drug-likeness (QED) is 0.775. The van der Waals surface area contributed by atoms with Gasteiger partial charge >= 0.3 is 0 Å². The molecular formula is C21H21NO4S. The molecule has 5 nitrogen and oxygen atoms in total.